The summed E-state index contributed by atoms with van der Waals surface area (Å²) in [6.07, 6.45) is -2.42. The number of nitrogens with one attached hydrogen (secondary N) is 1. The number of fused-ring (bicyclic) bond motifs is 3. The van der Waals surface area contributed by atoms with Crippen LogP contribution in [0.25, 0.3) is 5.69 Å². The summed E-state index contributed by atoms with van der Waals surface area (Å²) >= 11 is 2.99. The molecule has 1 fully saturated rings. The molecule has 1 amide bonds. The van der Waals surface area contributed by atoms with Gasteiger partial charge in [0.15, 0.2) is 5.43 Å². The number of thiophene rings is 1. The number of rotatable bonds is 3. The minimum absolute atomic E-state index is 0.0218. The number of hydrogen-bond donors (Lipinski definition) is 1. The lowest BCUT2D eigenvalue weighted by atomic mass is 10.0. The van der Waals surface area contributed by atoms with E-state index in [2.05, 4.69) is 5.32 Å². The van der Waals surface area contributed by atoms with Gasteiger partial charge in [0.25, 0.3) is 5.91 Å². The molecule has 9 heteroatoms. The molecule has 1 aliphatic carbocycles. The molecule has 1 unspecified atom stereocenters. The van der Waals surface area contributed by atoms with Crippen LogP contribution in [-0.2, 0) is 12.6 Å². The summed E-state index contributed by atoms with van der Waals surface area (Å²) < 4.78 is 42.2. The zero-order chi connectivity index (χ0) is 22.6. The Morgan fingerprint density at radius 1 is 1.19 bits per heavy atom. The van der Waals surface area contributed by atoms with Crippen molar-refractivity contribution in [3.8, 4) is 5.69 Å². The van der Waals surface area contributed by atoms with Crippen molar-refractivity contribution < 1.29 is 18.0 Å². The van der Waals surface area contributed by atoms with Crippen LogP contribution in [0.4, 0.5) is 13.2 Å². The third-order valence-corrected chi connectivity index (χ3v) is 7.75. The Bertz CT molecular complexity index is 1260. The van der Waals surface area contributed by atoms with Crippen LogP contribution in [0.15, 0.2) is 50.8 Å². The van der Waals surface area contributed by atoms with Crippen molar-refractivity contribution in [3.05, 3.63) is 79.4 Å². The van der Waals surface area contributed by atoms with Crippen LogP contribution in [0.2, 0.25) is 0 Å². The third-order valence-electron chi connectivity index (χ3n) is 5.73. The summed E-state index contributed by atoms with van der Waals surface area (Å²) in [5.74, 6) is -0.453. The third kappa shape index (κ3) is 3.88. The van der Waals surface area contributed by atoms with Crippen molar-refractivity contribution in [1.29, 1.82) is 0 Å². The lowest BCUT2D eigenvalue weighted by molar-refractivity contribution is -0.137. The Hall–Kier alpha value is -2.52. The molecule has 2 aliphatic rings. The van der Waals surface area contributed by atoms with Gasteiger partial charge >= 0.3 is 6.18 Å². The van der Waals surface area contributed by atoms with Gasteiger partial charge in [-0.1, -0.05) is 0 Å². The fourth-order valence-corrected chi connectivity index (χ4v) is 6.08. The predicted octanol–water partition coefficient (Wildman–Crippen LogP) is 5.51. The van der Waals surface area contributed by atoms with Gasteiger partial charge in [-0.3, -0.25) is 9.59 Å². The summed E-state index contributed by atoms with van der Waals surface area (Å²) in [6, 6.07) is 7.05. The lowest BCUT2D eigenvalue weighted by Crippen LogP contribution is -2.33. The number of benzene rings is 1. The summed E-state index contributed by atoms with van der Waals surface area (Å²) in [4.78, 5) is 26.6. The minimum atomic E-state index is -4.50. The van der Waals surface area contributed by atoms with E-state index < -0.39 is 23.1 Å². The highest BCUT2D eigenvalue weighted by Gasteiger charge is 2.35. The maximum atomic E-state index is 13.5. The highest BCUT2D eigenvalue weighted by molar-refractivity contribution is 7.99. The number of aromatic nitrogens is 1. The molecule has 3 aromatic rings. The number of pyridine rings is 1. The van der Waals surface area contributed by atoms with Crippen molar-refractivity contribution in [1.82, 2.24) is 9.88 Å². The first-order valence-corrected chi connectivity index (χ1v) is 12.0. The van der Waals surface area contributed by atoms with Crippen LogP contribution in [0, 0.1) is 6.92 Å². The first-order valence-electron chi connectivity index (χ1n) is 10.2. The molecule has 0 spiro atoms. The number of carbonyl (C=O) groups excluding carboxylic acids is 1. The van der Waals surface area contributed by atoms with Gasteiger partial charge in [0.1, 0.15) is 5.56 Å². The average molecular weight is 477 g/mol. The van der Waals surface area contributed by atoms with E-state index >= 15 is 0 Å². The Labute approximate surface area is 190 Å². The second-order valence-corrected chi connectivity index (χ2v) is 10.1. The van der Waals surface area contributed by atoms with Gasteiger partial charge in [-0.2, -0.15) is 24.5 Å². The van der Waals surface area contributed by atoms with Crippen LogP contribution in [-0.4, -0.2) is 16.5 Å². The molecule has 5 rings (SSSR count). The molecular weight excluding hydrogens is 457 g/mol. The zero-order valence-corrected chi connectivity index (χ0v) is 18.7. The van der Waals surface area contributed by atoms with E-state index in [9.17, 15) is 22.8 Å². The first-order chi connectivity index (χ1) is 15.2. The van der Waals surface area contributed by atoms with E-state index in [1.807, 2.05) is 16.8 Å². The normalized spacial score (nSPS) is 17.9. The number of carbonyl (C=O) groups is 1. The fraction of sp³-hybridized carbons (Fsp3) is 0.304. The standard InChI is InChI=1S/C23H19F3N2O2S2/c1-12-8-18(29)21(22(30)27-15-3-4-15)17-10-20(13-6-7-31-11-13)32-19-5-2-14(23(24,25)26)9-16(19)28(12)17/h2,5-9,11,15,20H,3-4,10H2,1H3,(H,27,30). The Morgan fingerprint density at radius 3 is 2.62 bits per heavy atom. The van der Waals surface area contributed by atoms with E-state index in [4.69, 9.17) is 0 Å². The number of nitrogens with zero attached hydrogens (tertiary/aromatic N) is 1. The Kier molecular flexibility index (Phi) is 5.21. The molecule has 2 aromatic heterocycles. The summed E-state index contributed by atoms with van der Waals surface area (Å²) in [6.45, 7) is 1.69. The van der Waals surface area contributed by atoms with Crippen LogP contribution < -0.4 is 10.7 Å². The van der Waals surface area contributed by atoms with Gasteiger partial charge in [0, 0.05) is 40.1 Å². The first kappa shape index (κ1) is 21.3. The highest BCUT2D eigenvalue weighted by atomic mass is 32.2. The van der Waals surface area contributed by atoms with Gasteiger partial charge in [-0.05, 0) is 60.4 Å². The van der Waals surface area contributed by atoms with Crippen molar-refractivity contribution >= 4 is 29.0 Å². The maximum absolute atomic E-state index is 13.5. The van der Waals surface area contributed by atoms with Crippen molar-refractivity contribution in [2.75, 3.05) is 0 Å². The monoisotopic (exact) mass is 476 g/mol. The minimum Gasteiger partial charge on any atom is -0.349 e. The molecule has 1 atom stereocenters. The molecule has 166 valence electrons. The molecule has 1 aliphatic heterocycles. The van der Waals surface area contributed by atoms with Crippen molar-refractivity contribution in [2.24, 2.45) is 0 Å². The second-order valence-electron chi connectivity index (χ2n) is 8.10. The van der Waals surface area contributed by atoms with E-state index in [1.54, 1.807) is 11.5 Å². The number of halogens is 3. The molecule has 1 N–H and O–H groups in total. The van der Waals surface area contributed by atoms with Gasteiger partial charge < -0.3 is 9.88 Å². The Balaban J connectivity index is 1.77. The van der Waals surface area contributed by atoms with Crippen LogP contribution in [0.5, 0.6) is 0 Å². The molecular formula is C23H19F3N2O2S2. The van der Waals surface area contributed by atoms with Gasteiger partial charge in [-0.25, -0.2) is 0 Å². The number of thioether (sulfide) groups is 1. The number of aryl methyl sites for hydroxylation is 1. The maximum Gasteiger partial charge on any atom is 0.416 e. The zero-order valence-electron chi connectivity index (χ0n) is 17.0. The Morgan fingerprint density at radius 2 is 1.97 bits per heavy atom. The van der Waals surface area contributed by atoms with E-state index in [0.29, 0.717) is 28.4 Å². The van der Waals surface area contributed by atoms with E-state index in [-0.39, 0.29) is 16.9 Å². The largest absolute Gasteiger partial charge is 0.416 e. The molecule has 4 nitrogen and oxygen atoms in total. The molecule has 1 aromatic carbocycles. The van der Waals surface area contributed by atoms with Crippen molar-refractivity contribution in [2.45, 2.75) is 48.5 Å². The topological polar surface area (TPSA) is 51.1 Å². The summed E-state index contributed by atoms with van der Waals surface area (Å²) in [5.41, 5.74) is 1.16. The molecule has 0 saturated heterocycles. The molecule has 32 heavy (non-hydrogen) atoms. The number of amides is 1. The predicted molar refractivity (Wildman–Crippen MR) is 119 cm³/mol. The SMILES string of the molecule is Cc1cc(=O)c(C(=O)NC2CC2)c2n1-c1cc(C(F)(F)F)ccc1SC(c1ccsc1)C2. The van der Waals surface area contributed by atoms with Crippen LogP contribution in [0.3, 0.4) is 0 Å². The molecule has 0 radical (unpaired) electrons. The van der Waals surface area contributed by atoms with Crippen molar-refractivity contribution in [3.63, 3.8) is 0 Å². The highest BCUT2D eigenvalue weighted by Crippen LogP contribution is 2.46. The number of alkyl halides is 3. The van der Waals surface area contributed by atoms with Crippen LogP contribution in [0.1, 0.15) is 51.0 Å². The average Bonchev–Trinajstić information content (AvgIpc) is 3.39. The smallest absolute Gasteiger partial charge is 0.349 e. The summed E-state index contributed by atoms with van der Waals surface area (Å²) in [5, 5.41) is 6.67. The second kappa shape index (κ2) is 7.81. The van der Waals surface area contributed by atoms with Crippen LogP contribution >= 0.6 is 23.1 Å². The molecule has 3 heterocycles. The fourth-order valence-electron chi connectivity index (χ4n) is 4.03. The molecule has 0 bridgehead atoms. The van der Waals surface area contributed by atoms with E-state index in [0.717, 1.165) is 30.5 Å². The summed E-state index contributed by atoms with van der Waals surface area (Å²) in [7, 11) is 0. The number of hydrogen-bond acceptors (Lipinski definition) is 4. The lowest BCUT2D eigenvalue weighted by Gasteiger charge is -2.20. The quantitative estimate of drug-likeness (QED) is 0.543. The molecule has 1 saturated carbocycles. The van der Waals surface area contributed by atoms with Gasteiger partial charge in [-0.15, -0.1) is 11.8 Å². The van der Waals surface area contributed by atoms with Gasteiger partial charge in [0.05, 0.1) is 11.3 Å². The van der Waals surface area contributed by atoms with E-state index in [1.165, 1.54) is 35.2 Å². The van der Waals surface area contributed by atoms with Gasteiger partial charge in [0.2, 0.25) is 0 Å².